The molecule has 0 fully saturated rings. The largest absolute Gasteiger partial charge is 0.294 e. The minimum Gasteiger partial charge on any atom is -0.294 e. The van der Waals surface area contributed by atoms with Gasteiger partial charge in [0.25, 0.3) is 6.43 Å². The molecule has 0 atom stereocenters. The number of Topliss-reactive ketones (excluding diaryl/α,β-unsaturated/α-hetero) is 1. The Morgan fingerprint density at radius 2 is 2.13 bits per heavy atom. The molecule has 2 nitrogen and oxygen atoms in total. The van der Waals surface area contributed by atoms with Crippen LogP contribution in [0.3, 0.4) is 0 Å². The Morgan fingerprint density at radius 1 is 1.53 bits per heavy atom. The Hall–Kier alpha value is -1.28. The summed E-state index contributed by atoms with van der Waals surface area (Å²) in [6.45, 7) is 1.31. The van der Waals surface area contributed by atoms with Crippen molar-refractivity contribution in [2.75, 3.05) is 0 Å². The standard InChI is InChI=1S/C10H6BrF2NO/c1-5(15)6-2-3-7(10(12)13)8(4-14)9(6)11/h2-3,10H,1H3. The van der Waals surface area contributed by atoms with Crippen molar-refractivity contribution < 1.29 is 13.6 Å². The molecule has 0 radical (unpaired) electrons. The second-order valence-electron chi connectivity index (χ2n) is 2.86. The lowest BCUT2D eigenvalue weighted by atomic mass is 10.0. The third-order valence-corrected chi connectivity index (χ3v) is 2.72. The molecule has 0 saturated carbocycles. The fourth-order valence-corrected chi connectivity index (χ4v) is 1.89. The van der Waals surface area contributed by atoms with Gasteiger partial charge in [-0.1, -0.05) is 6.07 Å². The van der Waals surface area contributed by atoms with Gasteiger partial charge < -0.3 is 0 Å². The summed E-state index contributed by atoms with van der Waals surface area (Å²) in [7, 11) is 0. The van der Waals surface area contributed by atoms with E-state index in [0.29, 0.717) is 0 Å². The summed E-state index contributed by atoms with van der Waals surface area (Å²) in [5, 5.41) is 8.73. The molecule has 0 amide bonds. The summed E-state index contributed by atoms with van der Waals surface area (Å²) < 4.78 is 25.1. The Bertz CT molecular complexity index is 451. The van der Waals surface area contributed by atoms with Gasteiger partial charge in [0.05, 0.1) is 5.56 Å². The van der Waals surface area contributed by atoms with E-state index in [1.165, 1.54) is 13.0 Å². The maximum absolute atomic E-state index is 12.5. The van der Waals surface area contributed by atoms with Crippen LogP contribution in [0.4, 0.5) is 8.78 Å². The highest BCUT2D eigenvalue weighted by Crippen LogP contribution is 2.30. The number of hydrogen-bond donors (Lipinski definition) is 0. The van der Waals surface area contributed by atoms with E-state index < -0.39 is 6.43 Å². The number of nitriles is 1. The van der Waals surface area contributed by atoms with Gasteiger partial charge in [0, 0.05) is 15.6 Å². The minimum absolute atomic E-state index is 0.135. The van der Waals surface area contributed by atoms with Crippen LogP contribution in [0.5, 0.6) is 0 Å². The molecule has 1 aromatic rings. The number of benzene rings is 1. The molecule has 0 N–H and O–H groups in total. The Kier molecular flexibility index (Phi) is 3.53. The fourth-order valence-electron chi connectivity index (χ4n) is 1.16. The van der Waals surface area contributed by atoms with Crippen LogP contribution in [0.15, 0.2) is 16.6 Å². The Labute approximate surface area is 93.6 Å². The van der Waals surface area contributed by atoms with Crippen LogP contribution in [0, 0.1) is 11.3 Å². The molecule has 0 saturated heterocycles. The van der Waals surface area contributed by atoms with E-state index in [9.17, 15) is 13.6 Å². The summed E-state index contributed by atoms with van der Waals surface area (Å²) in [5.41, 5.74) is -0.317. The lowest BCUT2D eigenvalue weighted by Gasteiger charge is -2.07. The van der Waals surface area contributed by atoms with Crippen LogP contribution in [0.2, 0.25) is 0 Å². The van der Waals surface area contributed by atoms with Crippen LogP contribution >= 0.6 is 15.9 Å². The van der Waals surface area contributed by atoms with Crippen molar-refractivity contribution >= 4 is 21.7 Å². The van der Waals surface area contributed by atoms with Crippen LogP contribution in [-0.4, -0.2) is 5.78 Å². The van der Waals surface area contributed by atoms with E-state index in [1.807, 2.05) is 0 Å². The van der Waals surface area contributed by atoms with Gasteiger partial charge in [-0.05, 0) is 28.9 Å². The first-order valence-corrected chi connectivity index (χ1v) is 4.80. The number of rotatable bonds is 2. The molecule has 0 aliphatic heterocycles. The molecular weight excluding hydrogens is 268 g/mol. The van der Waals surface area contributed by atoms with Gasteiger partial charge in [0.15, 0.2) is 5.78 Å². The van der Waals surface area contributed by atoms with Gasteiger partial charge in [-0.25, -0.2) is 8.78 Å². The van der Waals surface area contributed by atoms with Crippen LogP contribution in [0.1, 0.15) is 34.8 Å². The van der Waals surface area contributed by atoms with Gasteiger partial charge in [-0.2, -0.15) is 5.26 Å². The summed E-state index contributed by atoms with van der Waals surface area (Å²) in [6.07, 6.45) is -2.73. The Balaban J connectivity index is 3.48. The number of ketones is 1. The molecule has 1 aromatic carbocycles. The second-order valence-corrected chi connectivity index (χ2v) is 3.65. The predicted molar refractivity (Wildman–Crippen MR) is 53.8 cm³/mol. The van der Waals surface area contributed by atoms with Gasteiger partial charge in [0.1, 0.15) is 6.07 Å². The number of halogens is 3. The van der Waals surface area contributed by atoms with Crippen molar-refractivity contribution in [3.63, 3.8) is 0 Å². The highest BCUT2D eigenvalue weighted by molar-refractivity contribution is 9.10. The lowest BCUT2D eigenvalue weighted by Crippen LogP contribution is -2.00. The summed E-state index contributed by atoms with van der Waals surface area (Å²) in [5.74, 6) is -0.279. The SMILES string of the molecule is CC(=O)c1ccc(C(F)F)c(C#N)c1Br. The molecule has 0 aliphatic rings. The van der Waals surface area contributed by atoms with Crippen molar-refractivity contribution in [3.05, 3.63) is 33.3 Å². The van der Waals surface area contributed by atoms with E-state index >= 15 is 0 Å². The molecule has 0 heterocycles. The molecule has 0 unspecified atom stereocenters. The average molecular weight is 274 g/mol. The first-order chi connectivity index (χ1) is 6.99. The summed E-state index contributed by atoms with van der Waals surface area (Å²) in [4.78, 5) is 11.1. The molecule has 1 rings (SSSR count). The van der Waals surface area contributed by atoms with Crippen LogP contribution in [0.25, 0.3) is 0 Å². The third-order valence-electron chi connectivity index (χ3n) is 1.90. The molecule has 0 aromatic heterocycles. The van der Waals surface area contributed by atoms with Gasteiger partial charge in [-0.3, -0.25) is 4.79 Å². The second kappa shape index (κ2) is 4.49. The number of hydrogen-bond acceptors (Lipinski definition) is 2. The third kappa shape index (κ3) is 2.21. The maximum atomic E-state index is 12.5. The van der Waals surface area contributed by atoms with Crippen molar-refractivity contribution in [1.82, 2.24) is 0 Å². The van der Waals surface area contributed by atoms with Gasteiger partial charge in [0.2, 0.25) is 0 Å². The molecule has 5 heteroatoms. The Morgan fingerprint density at radius 3 is 2.53 bits per heavy atom. The lowest BCUT2D eigenvalue weighted by molar-refractivity contribution is 0.101. The average Bonchev–Trinajstić information content (AvgIpc) is 2.16. The quantitative estimate of drug-likeness (QED) is 0.775. The number of nitrogens with zero attached hydrogens (tertiary/aromatic N) is 1. The van der Waals surface area contributed by atoms with Gasteiger partial charge in [-0.15, -0.1) is 0 Å². The van der Waals surface area contributed by atoms with Crippen LogP contribution in [-0.2, 0) is 0 Å². The van der Waals surface area contributed by atoms with E-state index in [4.69, 9.17) is 5.26 Å². The fraction of sp³-hybridized carbons (Fsp3) is 0.200. The zero-order valence-electron chi connectivity index (χ0n) is 7.72. The van der Waals surface area contributed by atoms with Crippen molar-refractivity contribution in [2.24, 2.45) is 0 Å². The molecule has 0 bridgehead atoms. The molecule has 15 heavy (non-hydrogen) atoms. The normalized spacial score (nSPS) is 10.1. The molecule has 0 spiro atoms. The van der Waals surface area contributed by atoms with Crippen LogP contribution < -0.4 is 0 Å². The zero-order valence-corrected chi connectivity index (χ0v) is 9.31. The number of carbonyl (C=O) groups excluding carboxylic acids is 1. The van der Waals surface area contributed by atoms with Gasteiger partial charge >= 0.3 is 0 Å². The number of carbonyl (C=O) groups is 1. The van der Waals surface area contributed by atoms with E-state index in [0.717, 1.165) is 6.07 Å². The van der Waals surface area contributed by atoms with Crippen molar-refractivity contribution in [3.8, 4) is 6.07 Å². The monoisotopic (exact) mass is 273 g/mol. The predicted octanol–water partition coefficient (Wildman–Crippen LogP) is 3.46. The molecule has 78 valence electrons. The highest BCUT2D eigenvalue weighted by Gasteiger charge is 2.19. The number of alkyl halides is 2. The van der Waals surface area contributed by atoms with E-state index in [2.05, 4.69) is 15.9 Å². The topological polar surface area (TPSA) is 40.9 Å². The van der Waals surface area contributed by atoms with Crippen molar-refractivity contribution in [2.45, 2.75) is 13.3 Å². The highest BCUT2D eigenvalue weighted by atomic mass is 79.9. The minimum atomic E-state index is -2.73. The van der Waals surface area contributed by atoms with E-state index in [-0.39, 0.29) is 26.9 Å². The van der Waals surface area contributed by atoms with E-state index in [1.54, 1.807) is 6.07 Å². The first-order valence-electron chi connectivity index (χ1n) is 4.00. The summed E-state index contributed by atoms with van der Waals surface area (Å²) in [6, 6.07) is 4.05. The smallest absolute Gasteiger partial charge is 0.265 e. The van der Waals surface area contributed by atoms with Crippen molar-refractivity contribution in [1.29, 1.82) is 5.26 Å². The molecular formula is C10H6BrF2NO. The molecule has 0 aliphatic carbocycles. The maximum Gasteiger partial charge on any atom is 0.265 e. The first kappa shape index (κ1) is 11.8. The zero-order chi connectivity index (χ0) is 11.6. The summed E-state index contributed by atoms with van der Waals surface area (Å²) >= 11 is 2.98.